The number of pyridine rings is 1. The standard InChI is InChI=1S/C58H83N9O7/c1-7-67(47-21-29-74-30-22-47)52-35-46(34-48(42(52)6)55(70)62-36-49-40(4)32-41(5)63-56(49)71)45-19-17-44(18-20-45)37-65-25-27-66(28-26-65)38-53(68)60-23-13-8-9-14-24-61-57(72)51(31-39(2)3)64-58(73)54(69)50(59)33-43-15-11-10-12-16-43/h10-12,15-20,32,34-35,39,47,50-51,54,69H,7-9,13-14,21-31,33,36-38,59H2,1-6H3,(H,60,68)(H,61,72)(H,62,70)(H,63,71)(H,64,73). The lowest BCUT2D eigenvalue weighted by molar-refractivity contribution is -0.135. The van der Waals surface area contributed by atoms with Crippen LogP contribution in [0.3, 0.4) is 0 Å². The number of hydrogen-bond donors (Lipinski definition) is 7. The molecule has 3 heterocycles. The summed E-state index contributed by atoms with van der Waals surface area (Å²) in [5.41, 5.74) is 14.8. The van der Waals surface area contributed by atoms with Crippen molar-refractivity contribution in [2.24, 2.45) is 11.7 Å². The topological polar surface area (TPSA) is 214 Å². The van der Waals surface area contributed by atoms with Gasteiger partial charge in [0.25, 0.3) is 17.4 Å². The summed E-state index contributed by atoms with van der Waals surface area (Å²) < 4.78 is 5.70. The number of aromatic amines is 1. The third kappa shape index (κ3) is 17.1. The van der Waals surface area contributed by atoms with Crippen molar-refractivity contribution < 1.29 is 29.0 Å². The number of amides is 4. The van der Waals surface area contributed by atoms with Crippen molar-refractivity contribution in [3.8, 4) is 11.1 Å². The first-order valence-electron chi connectivity index (χ1n) is 26.9. The number of anilines is 1. The average molecular weight is 1020 g/mol. The summed E-state index contributed by atoms with van der Waals surface area (Å²) in [6.07, 6.45) is 4.58. The van der Waals surface area contributed by atoms with Gasteiger partial charge in [-0.25, -0.2) is 0 Å². The number of aryl methyl sites for hydroxylation is 2. The highest BCUT2D eigenvalue weighted by molar-refractivity contribution is 5.99. The van der Waals surface area contributed by atoms with E-state index in [1.54, 1.807) is 0 Å². The fourth-order valence-electron chi connectivity index (χ4n) is 10.1. The number of nitrogens with one attached hydrogen (secondary N) is 5. The normalized spacial score (nSPS) is 15.8. The maximum atomic E-state index is 14.0. The third-order valence-electron chi connectivity index (χ3n) is 14.4. The van der Waals surface area contributed by atoms with E-state index in [2.05, 4.69) is 78.2 Å². The number of rotatable bonds is 26. The molecule has 3 atom stereocenters. The Bertz CT molecular complexity index is 2500. The number of carbonyl (C=O) groups is 4. The fourth-order valence-corrected chi connectivity index (χ4v) is 10.1. The molecule has 0 radical (unpaired) electrons. The van der Waals surface area contributed by atoms with Gasteiger partial charge in [-0.2, -0.15) is 0 Å². The van der Waals surface area contributed by atoms with Gasteiger partial charge in [0.1, 0.15) is 12.1 Å². The van der Waals surface area contributed by atoms with E-state index in [-0.39, 0.29) is 35.7 Å². The molecule has 2 aliphatic rings. The molecule has 6 rings (SSSR count). The second kappa shape index (κ2) is 28.7. The summed E-state index contributed by atoms with van der Waals surface area (Å²) in [6.45, 7) is 19.8. The van der Waals surface area contributed by atoms with Gasteiger partial charge < -0.3 is 46.7 Å². The third-order valence-corrected chi connectivity index (χ3v) is 14.4. The van der Waals surface area contributed by atoms with Crippen molar-refractivity contribution in [1.29, 1.82) is 0 Å². The van der Waals surface area contributed by atoms with Gasteiger partial charge in [0, 0.05) is 107 Å². The lowest BCUT2D eigenvalue weighted by atomic mass is 9.94. The quantitative estimate of drug-likeness (QED) is 0.0403. The largest absolute Gasteiger partial charge is 0.382 e. The van der Waals surface area contributed by atoms with Crippen LogP contribution in [0, 0.1) is 26.7 Å². The highest BCUT2D eigenvalue weighted by Gasteiger charge is 2.29. The molecule has 0 spiro atoms. The second-order valence-corrected chi connectivity index (χ2v) is 20.7. The van der Waals surface area contributed by atoms with Crippen molar-refractivity contribution in [2.75, 3.05) is 70.5 Å². The van der Waals surface area contributed by atoms with Crippen molar-refractivity contribution in [2.45, 2.75) is 130 Å². The van der Waals surface area contributed by atoms with Gasteiger partial charge in [0.15, 0.2) is 0 Å². The molecule has 16 nitrogen and oxygen atoms in total. The molecule has 4 aromatic rings. The summed E-state index contributed by atoms with van der Waals surface area (Å²) in [5, 5.41) is 22.4. The first-order chi connectivity index (χ1) is 35.6. The van der Waals surface area contributed by atoms with E-state index >= 15 is 0 Å². The van der Waals surface area contributed by atoms with Gasteiger partial charge in [0.2, 0.25) is 11.8 Å². The van der Waals surface area contributed by atoms with Crippen LogP contribution >= 0.6 is 0 Å². The minimum absolute atomic E-state index is 0.0250. The van der Waals surface area contributed by atoms with E-state index in [1.165, 1.54) is 5.56 Å². The van der Waals surface area contributed by atoms with E-state index in [4.69, 9.17) is 10.5 Å². The van der Waals surface area contributed by atoms with Crippen LogP contribution in [-0.4, -0.2) is 133 Å². The van der Waals surface area contributed by atoms with E-state index in [0.29, 0.717) is 62.9 Å². The Morgan fingerprint density at radius 3 is 2.12 bits per heavy atom. The maximum Gasteiger partial charge on any atom is 0.253 e. The number of aromatic nitrogens is 1. The number of aliphatic hydroxyl groups excluding tert-OH is 1. The number of H-pyrrole nitrogens is 1. The highest BCUT2D eigenvalue weighted by Crippen LogP contribution is 2.34. The van der Waals surface area contributed by atoms with Crippen molar-refractivity contribution in [3.63, 3.8) is 0 Å². The molecule has 3 aromatic carbocycles. The molecule has 2 fully saturated rings. The van der Waals surface area contributed by atoms with Gasteiger partial charge in [-0.15, -0.1) is 0 Å². The monoisotopic (exact) mass is 1020 g/mol. The Morgan fingerprint density at radius 2 is 1.47 bits per heavy atom. The molecule has 2 saturated heterocycles. The minimum Gasteiger partial charge on any atom is -0.382 e. The number of unbranched alkanes of at least 4 members (excludes halogenated alkanes) is 3. The highest BCUT2D eigenvalue weighted by atomic mass is 16.5. The number of ether oxygens (including phenoxy) is 1. The molecule has 4 amide bonds. The first-order valence-corrected chi connectivity index (χ1v) is 26.9. The average Bonchev–Trinajstić information content (AvgIpc) is 3.38. The molecule has 402 valence electrons. The summed E-state index contributed by atoms with van der Waals surface area (Å²) in [5.74, 6) is -0.970. The molecule has 16 heteroatoms. The lowest BCUT2D eigenvalue weighted by Gasteiger charge is -2.37. The summed E-state index contributed by atoms with van der Waals surface area (Å²) in [7, 11) is 0. The summed E-state index contributed by atoms with van der Waals surface area (Å²) in [4.78, 5) is 75.5. The zero-order valence-electron chi connectivity index (χ0n) is 44.8. The molecule has 0 bridgehead atoms. The maximum absolute atomic E-state index is 14.0. The van der Waals surface area contributed by atoms with Crippen LogP contribution in [0.1, 0.15) is 110 Å². The molecule has 1 aromatic heterocycles. The van der Waals surface area contributed by atoms with Crippen molar-refractivity contribution >= 4 is 29.3 Å². The molecule has 8 N–H and O–H groups in total. The van der Waals surface area contributed by atoms with Crippen LogP contribution in [0.5, 0.6) is 0 Å². The molecule has 0 saturated carbocycles. The van der Waals surface area contributed by atoms with Gasteiger partial charge in [0.05, 0.1) is 6.54 Å². The number of hydrogen-bond acceptors (Lipinski definition) is 11. The first kappa shape index (κ1) is 57.4. The smallest absolute Gasteiger partial charge is 0.253 e. The molecule has 0 aliphatic carbocycles. The van der Waals surface area contributed by atoms with E-state index in [0.717, 1.165) is 117 Å². The Labute approximate surface area is 438 Å². The zero-order chi connectivity index (χ0) is 53.1. The number of benzene rings is 3. The Kier molecular flexibility index (Phi) is 22.2. The number of nitrogens with zero attached hydrogens (tertiary/aromatic N) is 3. The Hall–Kier alpha value is -5.91. The van der Waals surface area contributed by atoms with Crippen LogP contribution in [0.2, 0.25) is 0 Å². The number of piperazine rings is 1. The Balaban J connectivity index is 0.910. The molecule has 2 aliphatic heterocycles. The number of aliphatic hydroxyl groups is 1. The van der Waals surface area contributed by atoms with E-state index in [9.17, 15) is 29.1 Å². The summed E-state index contributed by atoms with van der Waals surface area (Å²) in [6, 6.07) is 22.9. The SMILES string of the molecule is CCN(c1cc(-c2ccc(CN3CCN(CC(=O)NCCCCCCNC(=O)C(CC(C)C)NC(=O)C(O)C(N)Cc4ccccc4)CC3)cc2)cc(C(=O)NCc2c(C)cc(C)[nH]c2=O)c1C)C1CCOCC1. The van der Waals surface area contributed by atoms with E-state index in [1.807, 2.05) is 77.1 Å². The second-order valence-electron chi connectivity index (χ2n) is 20.7. The van der Waals surface area contributed by atoms with Gasteiger partial charge >= 0.3 is 0 Å². The number of nitrogens with two attached hydrogens (primary N) is 1. The van der Waals surface area contributed by atoms with Crippen molar-refractivity contribution in [3.05, 3.63) is 122 Å². The van der Waals surface area contributed by atoms with Crippen LogP contribution in [-0.2, 0) is 38.6 Å². The van der Waals surface area contributed by atoms with Crippen LogP contribution in [0.15, 0.2) is 77.6 Å². The Morgan fingerprint density at radius 1 is 0.811 bits per heavy atom. The molecular formula is C58H83N9O7. The minimum atomic E-state index is -1.44. The molecular weight excluding hydrogens is 935 g/mol. The summed E-state index contributed by atoms with van der Waals surface area (Å²) >= 11 is 0. The van der Waals surface area contributed by atoms with Crippen LogP contribution in [0.25, 0.3) is 11.1 Å². The molecule has 74 heavy (non-hydrogen) atoms. The fraction of sp³-hybridized carbons (Fsp3) is 0.534. The molecule has 3 unspecified atom stereocenters. The van der Waals surface area contributed by atoms with Crippen LogP contribution < -0.4 is 37.5 Å². The van der Waals surface area contributed by atoms with Crippen molar-refractivity contribution in [1.82, 2.24) is 36.1 Å². The predicted molar refractivity (Wildman–Crippen MR) is 293 cm³/mol. The lowest BCUT2D eigenvalue weighted by Crippen LogP contribution is -2.54. The zero-order valence-corrected chi connectivity index (χ0v) is 44.8. The van der Waals surface area contributed by atoms with Crippen LogP contribution in [0.4, 0.5) is 5.69 Å². The van der Waals surface area contributed by atoms with Gasteiger partial charge in [-0.05, 0) is 124 Å². The predicted octanol–water partition coefficient (Wildman–Crippen LogP) is 5.27. The van der Waals surface area contributed by atoms with Gasteiger partial charge in [-0.1, -0.05) is 81.3 Å². The number of carbonyl (C=O) groups excluding carboxylic acids is 4. The van der Waals surface area contributed by atoms with E-state index < -0.39 is 24.1 Å². The van der Waals surface area contributed by atoms with Gasteiger partial charge in [-0.3, -0.25) is 33.8 Å².